The van der Waals surface area contributed by atoms with Crippen LogP contribution in [0.5, 0.6) is 5.75 Å². The van der Waals surface area contributed by atoms with E-state index < -0.39 is 0 Å². The summed E-state index contributed by atoms with van der Waals surface area (Å²) in [4.78, 5) is 7.86. The van der Waals surface area contributed by atoms with Crippen LogP contribution in [0.2, 0.25) is 5.15 Å². The summed E-state index contributed by atoms with van der Waals surface area (Å²) in [6.45, 7) is 4.03. The lowest BCUT2D eigenvalue weighted by atomic mass is 10.0. The summed E-state index contributed by atoms with van der Waals surface area (Å²) in [5.74, 6) is 1.55. The molecule has 0 unspecified atom stereocenters. The molecule has 0 aliphatic carbocycles. The summed E-state index contributed by atoms with van der Waals surface area (Å²) in [5, 5.41) is 15.6. The Morgan fingerprint density at radius 3 is 2.85 bits per heavy atom. The van der Waals surface area contributed by atoms with Crippen LogP contribution in [-0.4, -0.2) is 23.3 Å². The maximum Gasteiger partial charge on any atom is 0.253 e. The minimum Gasteiger partial charge on any atom is -0.497 e. The predicted octanol–water partition coefficient (Wildman–Crippen LogP) is 5.31. The zero-order valence-electron chi connectivity index (χ0n) is 19.0. The molecular formula is C26H22ClN6O+. The standard InChI is InChI=1S/C26H21ClN6O/c1-4-19-15(2)20(13-28)25-31-22-7-5-6-8-23(22)33(25)26(19)32-29-14-17-11-16-12-18(34-3)9-10-21(16)30-24(17)27/h5-12,14H,4H2,1-3H3,(H,31,32)/p+1/b29-14-. The smallest absolute Gasteiger partial charge is 0.253 e. The number of imidazole rings is 1. The third-order valence-electron chi connectivity index (χ3n) is 6.04. The number of aromatic amines is 1. The summed E-state index contributed by atoms with van der Waals surface area (Å²) in [6.07, 6.45) is 2.39. The van der Waals surface area contributed by atoms with Crippen molar-refractivity contribution < 1.29 is 9.14 Å². The van der Waals surface area contributed by atoms with Crippen molar-refractivity contribution in [2.45, 2.75) is 20.3 Å². The third kappa shape index (κ3) is 3.49. The monoisotopic (exact) mass is 469 g/mol. The molecule has 0 saturated carbocycles. The number of pyridine rings is 2. The van der Waals surface area contributed by atoms with Crippen LogP contribution in [0.1, 0.15) is 29.2 Å². The number of ether oxygens (including phenoxy) is 1. The van der Waals surface area contributed by atoms with Crippen LogP contribution in [-0.2, 0) is 6.42 Å². The van der Waals surface area contributed by atoms with Crippen molar-refractivity contribution in [3.63, 3.8) is 0 Å². The second-order valence-corrected chi connectivity index (χ2v) is 8.27. The summed E-state index contributed by atoms with van der Waals surface area (Å²) in [6, 6.07) is 17.9. The lowest BCUT2D eigenvalue weighted by Gasteiger charge is -2.10. The number of nitrogens with zero attached hydrogens (tertiary/aromatic N) is 4. The van der Waals surface area contributed by atoms with Gasteiger partial charge in [-0.25, -0.2) is 4.98 Å². The van der Waals surface area contributed by atoms with Crippen molar-refractivity contribution >= 4 is 51.2 Å². The van der Waals surface area contributed by atoms with Gasteiger partial charge in [0.2, 0.25) is 5.65 Å². The first kappa shape index (κ1) is 21.7. The van der Waals surface area contributed by atoms with Gasteiger partial charge in [0.15, 0.2) is 0 Å². The number of hydrogen-bond donors (Lipinski definition) is 2. The van der Waals surface area contributed by atoms with E-state index in [9.17, 15) is 5.26 Å². The Kier molecular flexibility index (Phi) is 5.52. The molecule has 2 N–H and O–H groups in total. The zero-order chi connectivity index (χ0) is 23.8. The van der Waals surface area contributed by atoms with Gasteiger partial charge in [0, 0.05) is 16.5 Å². The van der Waals surface area contributed by atoms with Crippen molar-refractivity contribution in [1.29, 1.82) is 5.26 Å². The Labute approximate surface area is 201 Å². The maximum atomic E-state index is 9.87. The minimum absolute atomic E-state index is 0.361. The van der Waals surface area contributed by atoms with Crippen LogP contribution in [0, 0.1) is 18.3 Å². The molecule has 5 rings (SSSR count). The highest BCUT2D eigenvalue weighted by atomic mass is 35.5. The topological polar surface area (TPSA) is 90.2 Å². The van der Waals surface area contributed by atoms with Gasteiger partial charge in [0.05, 0.1) is 18.8 Å². The molecule has 7 nitrogen and oxygen atoms in total. The molecule has 5 aromatic rings. The summed E-state index contributed by atoms with van der Waals surface area (Å²) in [7, 11) is 1.63. The fraction of sp³-hybridized carbons (Fsp3) is 0.154. The molecule has 0 aliphatic rings. The van der Waals surface area contributed by atoms with Crippen LogP contribution in [0.15, 0.2) is 53.6 Å². The highest BCUT2D eigenvalue weighted by Crippen LogP contribution is 2.26. The maximum absolute atomic E-state index is 9.87. The average Bonchev–Trinajstić information content (AvgIpc) is 3.23. The Morgan fingerprint density at radius 1 is 1.26 bits per heavy atom. The van der Waals surface area contributed by atoms with E-state index in [-0.39, 0.29) is 0 Å². The number of rotatable bonds is 5. The number of nitrogens with one attached hydrogen (secondary N) is 2. The van der Waals surface area contributed by atoms with Gasteiger partial charge in [-0.2, -0.15) is 15.1 Å². The van der Waals surface area contributed by atoms with Crippen LogP contribution in [0.3, 0.4) is 0 Å². The molecule has 0 radical (unpaired) electrons. The van der Waals surface area contributed by atoms with Gasteiger partial charge in [0.25, 0.3) is 5.82 Å². The summed E-state index contributed by atoms with van der Waals surface area (Å²) in [5.41, 5.74) is 9.87. The number of para-hydroxylation sites is 2. The molecule has 0 atom stereocenters. The number of fused-ring (bicyclic) bond motifs is 4. The van der Waals surface area contributed by atoms with E-state index in [2.05, 4.69) is 33.5 Å². The van der Waals surface area contributed by atoms with Crippen LogP contribution in [0.4, 0.5) is 5.82 Å². The lowest BCUT2D eigenvalue weighted by molar-refractivity contribution is -0.465. The van der Waals surface area contributed by atoms with Crippen molar-refractivity contribution in [3.8, 4) is 11.8 Å². The van der Waals surface area contributed by atoms with Crippen LogP contribution < -0.4 is 14.6 Å². The second kappa shape index (κ2) is 8.65. The number of benzene rings is 2. The number of aromatic nitrogens is 3. The van der Waals surface area contributed by atoms with Gasteiger partial charge in [-0.15, -0.1) is 5.10 Å². The molecule has 0 fully saturated rings. The van der Waals surface area contributed by atoms with Gasteiger partial charge in [-0.3, -0.25) is 4.98 Å². The molecule has 8 heteroatoms. The van der Waals surface area contributed by atoms with Crippen molar-refractivity contribution in [2.75, 3.05) is 12.5 Å². The molecule has 0 bridgehead atoms. The molecule has 0 aliphatic heterocycles. The largest absolute Gasteiger partial charge is 0.497 e. The second-order valence-electron chi connectivity index (χ2n) is 7.92. The highest BCUT2D eigenvalue weighted by molar-refractivity contribution is 6.32. The molecule has 2 aromatic carbocycles. The normalized spacial score (nSPS) is 11.5. The van der Waals surface area contributed by atoms with E-state index >= 15 is 0 Å². The third-order valence-corrected chi connectivity index (χ3v) is 6.34. The van der Waals surface area contributed by atoms with Gasteiger partial charge < -0.3 is 4.74 Å². The number of hydrogen-bond acceptors (Lipinski definition) is 5. The van der Waals surface area contributed by atoms with E-state index in [0.717, 1.165) is 56.7 Å². The van der Waals surface area contributed by atoms with Crippen LogP contribution >= 0.6 is 11.6 Å². The van der Waals surface area contributed by atoms with E-state index in [1.807, 2.05) is 59.9 Å². The molecule has 34 heavy (non-hydrogen) atoms. The van der Waals surface area contributed by atoms with E-state index in [1.165, 1.54) is 0 Å². The van der Waals surface area contributed by atoms with Crippen molar-refractivity contribution in [2.24, 2.45) is 5.10 Å². The van der Waals surface area contributed by atoms with Gasteiger partial charge in [-0.1, -0.05) is 30.7 Å². The molecule has 0 saturated heterocycles. The quantitative estimate of drug-likeness (QED) is 0.158. The fourth-order valence-electron chi connectivity index (χ4n) is 4.34. The SMILES string of the molecule is CCc1c(C)c(C#N)c2[nH]c3ccccc3[n+]2c1N/N=C\c1cc2cc(OC)ccc2nc1Cl. The molecule has 3 heterocycles. The molecule has 3 aromatic heterocycles. The number of methoxy groups -OCH3 is 1. The van der Waals surface area contributed by atoms with Gasteiger partial charge in [-0.05, 0) is 55.3 Å². The Hall–Kier alpha value is -4.15. The Balaban J connectivity index is 1.63. The zero-order valence-corrected chi connectivity index (χ0v) is 19.7. The molecular weight excluding hydrogens is 448 g/mol. The van der Waals surface area contributed by atoms with Gasteiger partial charge >= 0.3 is 0 Å². The van der Waals surface area contributed by atoms with Gasteiger partial charge in [0.1, 0.15) is 33.6 Å². The molecule has 0 amide bonds. The predicted molar refractivity (Wildman–Crippen MR) is 135 cm³/mol. The number of H-pyrrole nitrogens is 1. The number of halogens is 1. The minimum atomic E-state index is 0.361. The van der Waals surface area contributed by atoms with E-state index in [4.69, 9.17) is 16.3 Å². The first-order valence-corrected chi connectivity index (χ1v) is 11.2. The summed E-state index contributed by atoms with van der Waals surface area (Å²) >= 11 is 6.43. The molecule has 0 spiro atoms. The van der Waals surface area contributed by atoms with E-state index in [0.29, 0.717) is 16.3 Å². The van der Waals surface area contributed by atoms with Crippen molar-refractivity contribution in [1.82, 2.24) is 9.97 Å². The molecule has 168 valence electrons. The fourth-order valence-corrected chi connectivity index (χ4v) is 4.54. The average molecular weight is 470 g/mol. The highest BCUT2D eigenvalue weighted by Gasteiger charge is 2.24. The first-order chi connectivity index (χ1) is 16.5. The number of anilines is 1. The number of hydrazone groups is 1. The summed E-state index contributed by atoms with van der Waals surface area (Å²) < 4.78 is 7.34. The van der Waals surface area contributed by atoms with Crippen LogP contribution in [0.25, 0.3) is 27.6 Å². The van der Waals surface area contributed by atoms with E-state index in [1.54, 1.807) is 13.3 Å². The Morgan fingerprint density at radius 2 is 2.09 bits per heavy atom. The Bertz CT molecular complexity index is 1650. The lowest BCUT2D eigenvalue weighted by Crippen LogP contribution is -2.28. The first-order valence-electron chi connectivity index (χ1n) is 10.9. The number of nitriles is 1. The van der Waals surface area contributed by atoms with Crippen molar-refractivity contribution in [3.05, 3.63) is 75.9 Å².